The predicted molar refractivity (Wildman–Crippen MR) is 79.0 cm³/mol. The van der Waals surface area contributed by atoms with Gasteiger partial charge in [-0.2, -0.15) is 0 Å². The van der Waals surface area contributed by atoms with Crippen LogP contribution in [0.2, 0.25) is 0 Å². The molecule has 3 nitrogen and oxygen atoms in total. The average Bonchev–Trinajstić information content (AvgIpc) is 2.35. The summed E-state index contributed by atoms with van der Waals surface area (Å²) in [5, 5.41) is 3.16. The molecule has 0 heterocycles. The van der Waals surface area contributed by atoms with E-state index in [0.717, 1.165) is 28.9 Å². The fourth-order valence-electron chi connectivity index (χ4n) is 1.99. The Morgan fingerprint density at radius 2 is 1.83 bits per heavy atom. The van der Waals surface area contributed by atoms with Crippen LogP contribution in [0.5, 0.6) is 11.5 Å². The van der Waals surface area contributed by atoms with E-state index in [9.17, 15) is 0 Å². The van der Waals surface area contributed by atoms with Gasteiger partial charge in [0.15, 0.2) is 0 Å². The van der Waals surface area contributed by atoms with Gasteiger partial charge < -0.3 is 14.8 Å². The maximum absolute atomic E-state index is 5.50. The van der Waals surface area contributed by atoms with E-state index >= 15 is 0 Å². The quantitative estimate of drug-likeness (QED) is 0.873. The second-order valence-corrected chi connectivity index (χ2v) is 5.31. The smallest absolute Gasteiger partial charge is 0.140 e. The number of hydrogen-bond acceptors (Lipinski definition) is 3. The van der Waals surface area contributed by atoms with Crippen LogP contribution in [0, 0.1) is 0 Å². The van der Waals surface area contributed by atoms with Crippen molar-refractivity contribution < 1.29 is 9.47 Å². The van der Waals surface area contributed by atoms with Crippen molar-refractivity contribution in [3.05, 3.63) is 21.7 Å². The summed E-state index contributed by atoms with van der Waals surface area (Å²) in [5.74, 6) is 2.15. The Kier molecular flexibility index (Phi) is 5.96. The van der Waals surface area contributed by atoms with Gasteiger partial charge in [0.25, 0.3) is 0 Å². The molecule has 0 fully saturated rings. The highest BCUT2D eigenvalue weighted by atomic mass is 79.9. The largest absolute Gasteiger partial charge is 0.495 e. The van der Waals surface area contributed by atoms with Crippen LogP contribution in [0.3, 0.4) is 0 Å². The third-order valence-electron chi connectivity index (χ3n) is 2.96. The normalized spacial score (nSPS) is 10.8. The van der Waals surface area contributed by atoms with E-state index in [1.807, 2.05) is 7.05 Å². The number of nitrogens with one attached hydrogen (secondary N) is 1. The molecule has 1 aromatic rings. The third kappa shape index (κ3) is 3.18. The molecule has 0 unspecified atom stereocenters. The number of halogens is 1. The van der Waals surface area contributed by atoms with Gasteiger partial charge in [-0.1, -0.05) is 13.8 Å². The van der Waals surface area contributed by atoms with Crippen molar-refractivity contribution >= 4 is 15.9 Å². The lowest BCUT2D eigenvalue weighted by Crippen LogP contribution is -2.12. The lowest BCUT2D eigenvalue weighted by Gasteiger charge is -2.19. The van der Waals surface area contributed by atoms with Gasteiger partial charge in [-0.05, 0) is 59.1 Å². The van der Waals surface area contributed by atoms with Gasteiger partial charge in [0.2, 0.25) is 0 Å². The van der Waals surface area contributed by atoms with E-state index in [0.29, 0.717) is 5.92 Å². The standard InChI is InChI=1S/C14H22BrNO2/c1-9(2)11-8-10(6-7-16-3)13(17-4)12(15)14(11)18-5/h8-9,16H,6-7H2,1-5H3. The van der Waals surface area contributed by atoms with Crippen molar-refractivity contribution in [3.63, 3.8) is 0 Å². The third-order valence-corrected chi connectivity index (χ3v) is 3.68. The first-order valence-electron chi connectivity index (χ1n) is 6.14. The molecule has 0 spiro atoms. The summed E-state index contributed by atoms with van der Waals surface area (Å²) in [6, 6.07) is 2.18. The zero-order valence-electron chi connectivity index (χ0n) is 11.8. The molecular formula is C14H22BrNO2. The van der Waals surface area contributed by atoms with E-state index in [-0.39, 0.29) is 0 Å². The Bertz CT molecular complexity index is 405. The van der Waals surface area contributed by atoms with E-state index < -0.39 is 0 Å². The van der Waals surface area contributed by atoms with Crippen LogP contribution in [0.25, 0.3) is 0 Å². The molecule has 1 N–H and O–H groups in total. The summed E-state index contributed by atoms with van der Waals surface area (Å²) in [7, 11) is 5.34. The summed E-state index contributed by atoms with van der Waals surface area (Å²) < 4.78 is 11.9. The molecule has 0 aromatic heterocycles. The second kappa shape index (κ2) is 7.00. The molecule has 18 heavy (non-hydrogen) atoms. The fourth-order valence-corrected chi connectivity index (χ4v) is 2.80. The zero-order chi connectivity index (χ0) is 13.7. The first kappa shape index (κ1) is 15.3. The van der Waals surface area contributed by atoms with Gasteiger partial charge in [-0.25, -0.2) is 0 Å². The Morgan fingerprint density at radius 1 is 1.22 bits per heavy atom. The number of methoxy groups -OCH3 is 2. The molecule has 0 aliphatic rings. The lowest BCUT2D eigenvalue weighted by atomic mass is 9.97. The number of hydrogen-bond donors (Lipinski definition) is 1. The van der Waals surface area contributed by atoms with Crippen molar-refractivity contribution in [2.24, 2.45) is 0 Å². The minimum atomic E-state index is 0.412. The topological polar surface area (TPSA) is 30.5 Å². The van der Waals surface area contributed by atoms with Crippen LogP contribution in [-0.2, 0) is 6.42 Å². The van der Waals surface area contributed by atoms with E-state index in [4.69, 9.17) is 9.47 Å². The number of likely N-dealkylation sites (N-methyl/N-ethyl adjacent to an activating group) is 1. The van der Waals surface area contributed by atoms with E-state index in [1.165, 1.54) is 11.1 Å². The minimum absolute atomic E-state index is 0.412. The van der Waals surface area contributed by atoms with Crippen molar-refractivity contribution in [1.82, 2.24) is 5.32 Å². The van der Waals surface area contributed by atoms with Gasteiger partial charge in [0.05, 0.1) is 14.2 Å². The molecule has 0 saturated heterocycles. The number of benzene rings is 1. The Balaban J connectivity index is 3.33. The van der Waals surface area contributed by atoms with Crippen LogP contribution < -0.4 is 14.8 Å². The van der Waals surface area contributed by atoms with Gasteiger partial charge in [0, 0.05) is 0 Å². The summed E-state index contributed by atoms with van der Waals surface area (Å²) in [6.45, 7) is 5.25. The fraction of sp³-hybridized carbons (Fsp3) is 0.571. The SMILES string of the molecule is CNCCc1cc(C(C)C)c(OC)c(Br)c1OC. The maximum atomic E-state index is 5.50. The first-order valence-corrected chi connectivity index (χ1v) is 6.93. The van der Waals surface area contributed by atoms with E-state index in [2.05, 4.69) is 41.2 Å². The molecule has 0 atom stereocenters. The molecule has 102 valence electrons. The zero-order valence-corrected chi connectivity index (χ0v) is 13.3. The summed E-state index contributed by atoms with van der Waals surface area (Å²) >= 11 is 3.59. The summed E-state index contributed by atoms with van der Waals surface area (Å²) in [6.07, 6.45) is 0.933. The van der Waals surface area contributed by atoms with Crippen LogP contribution in [0.15, 0.2) is 10.5 Å². The molecule has 0 radical (unpaired) electrons. The first-order chi connectivity index (χ1) is 8.56. The van der Waals surface area contributed by atoms with Crippen LogP contribution in [0.4, 0.5) is 0 Å². The molecule has 0 saturated carbocycles. The monoisotopic (exact) mass is 315 g/mol. The highest BCUT2D eigenvalue weighted by molar-refractivity contribution is 9.10. The van der Waals surface area contributed by atoms with Crippen LogP contribution in [0.1, 0.15) is 30.9 Å². The van der Waals surface area contributed by atoms with E-state index in [1.54, 1.807) is 14.2 Å². The second-order valence-electron chi connectivity index (χ2n) is 4.51. The Hall–Kier alpha value is -0.740. The summed E-state index contributed by atoms with van der Waals surface area (Å²) in [5.41, 5.74) is 2.40. The molecule has 4 heteroatoms. The van der Waals surface area contributed by atoms with Crippen LogP contribution >= 0.6 is 15.9 Å². The summed E-state index contributed by atoms with van der Waals surface area (Å²) in [4.78, 5) is 0. The van der Waals surface area contributed by atoms with Gasteiger partial charge in [0.1, 0.15) is 16.0 Å². The minimum Gasteiger partial charge on any atom is -0.495 e. The van der Waals surface area contributed by atoms with Crippen molar-refractivity contribution in [3.8, 4) is 11.5 Å². The Morgan fingerprint density at radius 3 is 2.28 bits per heavy atom. The molecule has 0 aliphatic heterocycles. The molecule has 0 amide bonds. The molecule has 0 bridgehead atoms. The number of ether oxygens (including phenoxy) is 2. The molecule has 0 aliphatic carbocycles. The highest BCUT2D eigenvalue weighted by Crippen LogP contribution is 2.42. The van der Waals surface area contributed by atoms with Gasteiger partial charge in [-0.15, -0.1) is 0 Å². The molecule has 1 aromatic carbocycles. The number of rotatable bonds is 6. The Labute approximate surface area is 118 Å². The van der Waals surface area contributed by atoms with Gasteiger partial charge >= 0.3 is 0 Å². The van der Waals surface area contributed by atoms with Crippen molar-refractivity contribution in [1.29, 1.82) is 0 Å². The maximum Gasteiger partial charge on any atom is 0.140 e. The highest BCUT2D eigenvalue weighted by Gasteiger charge is 2.19. The van der Waals surface area contributed by atoms with Crippen molar-refractivity contribution in [2.75, 3.05) is 27.8 Å². The average molecular weight is 316 g/mol. The molecular weight excluding hydrogens is 294 g/mol. The van der Waals surface area contributed by atoms with Crippen LogP contribution in [-0.4, -0.2) is 27.8 Å². The van der Waals surface area contributed by atoms with Gasteiger partial charge in [-0.3, -0.25) is 0 Å². The lowest BCUT2D eigenvalue weighted by molar-refractivity contribution is 0.381. The molecule has 1 rings (SSSR count). The predicted octanol–water partition coefficient (Wildman–Crippen LogP) is 3.35. The van der Waals surface area contributed by atoms with Crippen molar-refractivity contribution in [2.45, 2.75) is 26.2 Å².